The fourth-order valence-electron chi connectivity index (χ4n) is 3.01. The van der Waals surface area contributed by atoms with E-state index in [1.165, 1.54) is 0 Å². The number of aliphatic carboxylic acids is 1. The zero-order chi connectivity index (χ0) is 15.5. The Hall–Kier alpha value is -1.84. The van der Waals surface area contributed by atoms with Crippen LogP contribution in [0.2, 0.25) is 0 Å². The lowest BCUT2D eigenvalue weighted by Gasteiger charge is -2.25. The van der Waals surface area contributed by atoms with Gasteiger partial charge in [0.05, 0.1) is 5.92 Å². The normalized spacial score (nSPS) is 22.0. The zero-order valence-electron chi connectivity index (χ0n) is 12.6. The maximum absolute atomic E-state index is 12.2. The summed E-state index contributed by atoms with van der Waals surface area (Å²) in [5.41, 5.74) is 0.908. The van der Waals surface area contributed by atoms with E-state index in [2.05, 4.69) is 19.2 Å². The van der Waals surface area contributed by atoms with Crippen LogP contribution < -0.4 is 5.32 Å². The van der Waals surface area contributed by atoms with Gasteiger partial charge in [0, 0.05) is 12.5 Å². The maximum Gasteiger partial charge on any atom is 0.306 e. The number of amides is 1. The first-order valence-corrected chi connectivity index (χ1v) is 7.46. The first-order valence-electron chi connectivity index (χ1n) is 7.46. The molecule has 1 amide bonds. The summed E-state index contributed by atoms with van der Waals surface area (Å²) >= 11 is 0. The van der Waals surface area contributed by atoms with Crippen LogP contribution in [0.3, 0.4) is 0 Å². The van der Waals surface area contributed by atoms with Gasteiger partial charge in [-0.05, 0) is 30.2 Å². The summed E-state index contributed by atoms with van der Waals surface area (Å²) in [5.74, 6) is -1.06. The Morgan fingerprint density at radius 1 is 1.24 bits per heavy atom. The summed E-state index contributed by atoms with van der Waals surface area (Å²) < 4.78 is 0. The number of hydrogen-bond acceptors (Lipinski definition) is 2. The molecule has 21 heavy (non-hydrogen) atoms. The lowest BCUT2D eigenvalue weighted by atomic mass is 9.81. The SMILES string of the molecule is CC(C)(CC(=O)N[C@@H]1CC[C@H](C(=O)O)C1)c1ccccc1. The first kappa shape index (κ1) is 15.5. The molecular weight excluding hydrogens is 266 g/mol. The highest BCUT2D eigenvalue weighted by atomic mass is 16.4. The van der Waals surface area contributed by atoms with Crippen molar-refractivity contribution < 1.29 is 14.7 Å². The highest BCUT2D eigenvalue weighted by Crippen LogP contribution is 2.28. The van der Waals surface area contributed by atoms with Crippen LogP contribution in [0.1, 0.15) is 45.1 Å². The highest BCUT2D eigenvalue weighted by molar-refractivity contribution is 5.78. The van der Waals surface area contributed by atoms with Gasteiger partial charge < -0.3 is 10.4 Å². The molecule has 0 radical (unpaired) electrons. The molecule has 1 saturated carbocycles. The second-order valence-electron chi connectivity index (χ2n) is 6.54. The van der Waals surface area contributed by atoms with Gasteiger partial charge >= 0.3 is 5.97 Å². The molecule has 1 aromatic carbocycles. The van der Waals surface area contributed by atoms with E-state index in [1.807, 2.05) is 30.3 Å². The lowest BCUT2D eigenvalue weighted by molar-refractivity contribution is -0.141. The van der Waals surface area contributed by atoms with Crippen LogP contribution in [-0.4, -0.2) is 23.0 Å². The zero-order valence-corrected chi connectivity index (χ0v) is 12.6. The number of rotatable bonds is 5. The number of carboxylic acid groups (broad SMARTS) is 1. The van der Waals surface area contributed by atoms with Gasteiger partial charge in [-0.2, -0.15) is 0 Å². The minimum atomic E-state index is -0.753. The predicted octanol–water partition coefficient (Wildman–Crippen LogP) is 2.72. The van der Waals surface area contributed by atoms with Crippen molar-refractivity contribution in [1.29, 1.82) is 0 Å². The molecule has 114 valence electrons. The second-order valence-corrected chi connectivity index (χ2v) is 6.54. The Bertz CT molecular complexity index is 510. The Balaban J connectivity index is 1.89. The van der Waals surface area contributed by atoms with Crippen LogP contribution in [-0.2, 0) is 15.0 Å². The van der Waals surface area contributed by atoms with E-state index in [4.69, 9.17) is 5.11 Å². The van der Waals surface area contributed by atoms with Gasteiger partial charge in [0.2, 0.25) is 5.91 Å². The standard InChI is InChI=1S/C17H23NO3/c1-17(2,13-6-4-3-5-7-13)11-15(19)18-14-9-8-12(10-14)16(20)21/h3-7,12,14H,8-11H2,1-2H3,(H,18,19)(H,20,21)/t12-,14+/m0/s1. The van der Waals surface area contributed by atoms with Gasteiger partial charge in [-0.1, -0.05) is 44.2 Å². The Kier molecular flexibility index (Phi) is 4.66. The average Bonchev–Trinajstić information content (AvgIpc) is 2.87. The average molecular weight is 289 g/mol. The molecule has 1 aromatic rings. The molecule has 2 atom stereocenters. The molecular formula is C17H23NO3. The Labute approximate surface area is 125 Å². The third kappa shape index (κ3) is 4.06. The van der Waals surface area contributed by atoms with E-state index in [1.54, 1.807) is 0 Å². The fourth-order valence-corrected chi connectivity index (χ4v) is 3.01. The van der Waals surface area contributed by atoms with E-state index in [0.717, 1.165) is 12.0 Å². The van der Waals surface area contributed by atoms with Crippen molar-refractivity contribution in [3.63, 3.8) is 0 Å². The van der Waals surface area contributed by atoms with Gasteiger partial charge in [0.1, 0.15) is 0 Å². The van der Waals surface area contributed by atoms with E-state index >= 15 is 0 Å². The molecule has 1 aliphatic carbocycles. The molecule has 0 unspecified atom stereocenters. The largest absolute Gasteiger partial charge is 0.481 e. The summed E-state index contributed by atoms with van der Waals surface area (Å²) in [6, 6.07) is 9.98. The topological polar surface area (TPSA) is 66.4 Å². The van der Waals surface area contributed by atoms with Crippen LogP contribution in [0.4, 0.5) is 0 Å². The molecule has 0 aliphatic heterocycles. The van der Waals surface area contributed by atoms with Gasteiger partial charge in [0.15, 0.2) is 0 Å². The minimum absolute atomic E-state index is 0.000100. The molecule has 0 spiro atoms. The number of carbonyl (C=O) groups is 2. The van der Waals surface area contributed by atoms with Crippen molar-refractivity contribution in [2.45, 2.75) is 51.0 Å². The number of carbonyl (C=O) groups excluding carboxylic acids is 1. The number of nitrogens with one attached hydrogen (secondary N) is 1. The second kappa shape index (κ2) is 6.29. The lowest BCUT2D eigenvalue weighted by Crippen LogP contribution is -2.37. The molecule has 1 fully saturated rings. The Morgan fingerprint density at radius 3 is 2.48 bits per heavy atom. The third-order valence-corrected chi connectivity index (χ3v) is 4.30. The molecule has 1 aliphatic rings. The van der Waals surface area contributed by atoms with E-state index < -0.39 is 5.97 Å². The predicted molar refractivity (Wildman–Crippen MR) is 81.0 cm³/mol. The van der Waals surface area contributed by atoms with E-state index in [0.29, 0.717) is 19.3 Å². The summed E-state index contributed by atoms with van der Waals surface area (Å²) in [7, 11) is 0. The number of hydrogen-bond donors (Lipinski definition) is 2. The molecule has 2 rings (SSSR count). The van der Waals surface area contributed by atoms with Crippen molar-refractivity contribution in [3.8, 4) is 0 Å². The molecule has 4 nitrogen and oxygen atoms in total. The number of carboxylic acids is 1. The third-order valence-electron chi connectivity index (χ3n) is 4.30. The Morgan fingerprint density at radius 2 is 1.90 bits per heavy atom. The molecule has 0 bridgehead atoms. The monoisotopic (exact) mass is 289 g/mol. The molecule has 0 saturated heterocycles. The van der Waals surface area contributed by atoms with Gasteiger partial charge in [-0.15, -0.1) is 0 Å². The van der Waals surface area contributed by atoms with Gasteiger partial charge in [-0.25, -0.2) is 0 Å². The summed E-state index contributed by atoms with van der Waals surface area (Å²) in [5, 5.41) is 12.0. The minimum Gasteiger partial charge on any atom is -0.481 e. The van der Waals surface area contributed by atoms with Crippen LogP contribution in [0.15, 0.2) is 30.3 Å². The van der Waals surface area contributed by atoms with Crippen LogP contribution in [0.5, 0.6) is 0 Å². The van der Waals surface area contributed by atoms with E-state index in [9.17, 15) is 9.59 Å². The van der Waals surface area contributed by atoms with Gasteiger partial charge in [0.25, 0.3) is 0 Å². The van der Waals surface area contributed by atoms with Crippen molar-refractivity contribution in [2.24, 2.45) is 5.92 Å². The van der Waals surface area contributed by atoms with Crippen molar-refractivity contribution >= 4 is 11.9 Å². The number of benzene rings is 1. The highest BCUT2D eigenvalue weighted by Gasteiger charge is 2.32. The quantitative estimate of drug-likeness (QED) is 0.876. The van der Waals surface area contributed by atoms with Crippen molar-refractivity contribution in [3.05, 3.63) is 35.9 Å². The molecule has 4 heteroatoms. The maximum atomic E-state index is 12.2. The fraction of sp³-hybridized carbons (Fsp3) is 0.529. The summed E-state index contributed by atoms with van der Waals surface area (Å²) in [6.45, 7) is 4.10. The van der Waals surface area contributed by atoms with Crippen molar-refractivity contribution in [1.82, 2.24) is 5.32 Å². The summed E-state index contributed by atoms with van der Waals surface area (Å²) in [6.07, 6.45) is 2.37. The first-order chi connectivity index (χ1) is 9.88. The van der Waals surface area contributed by atoms with Crippen LogP contribution in [0.25, 0.3) is 0 Å². The van der Waals surface area contributed by atoms with Crippen LogP contribution in [0, 0.1) is 5.92 Å². The summed E-state index contributed by atoms with van der Waals surface area (Å²) in [4.78, 5) is 23.1. The molecule has 0 heterocycles. The van der Waals surface area contributed by atoms with E-state index in [-0.39, 0.29) is 23.3 Å². The van der Waals surface area contributed by atoms with Crippen LogP contribution >= 0.6 is 0 Å². The molecule has 0 aromatic heterocycles. The van der Waals surface area contributed by atoms with Crippen molar-refractivity contribution in [2.75, 3.05) is 0 Å². The molecule has 2 N–H and O–H groups in total. The smallest absolute Gasteiger partial charge is 0.306 e. The van der Waals surface area contributed by atoms with Gasteiger partial charge in [-0.3, -0.25) is 9.59 Å².